The number of nitrogens with one attached hydrogen (secondary N) is 2. The van der Waals surface area contributed by atoms with Crippen LogP contribution in [-0.2, 0) is 18.9 Å². The molecule has 0 bridgehead atoms. The van der Waals surface area contributed by atoms with Crippen molar-refractivity contribution in [3.8, 4) is 0 Å². The fraction of sp³-hybridized carbons (Fsp3) is 0.250. The molecule has 1 fully saturated rings. The van der Waals surface area contributed by atoms with E-state index in [1.54, 1.807) is 97.9 Å². The van der Waals surface area contributed by atoms with Crippen molar-refractivity contribution in [3.05, 3.63) is 130 Å². The molecule has 2 unspecified atom stereocenters. The summed E-state index contributed by atoms with van der Waals surface area (Å²) in [5, 5.41) is 11.8. The molecule has 5 rings (SSSR count). The number of anilines is 1. The second-order valence-electron chi connectivity index (χ2n) is 11.0. The Balaban J connectivity index is 1.57. The average Bonchev–Trinajstić information content (AvgIpc) is 3.68. The fourth-order valence-electron chi connectivity index (χ4n) is 5.00. The summed E-state index contributed by atoms with van der Waals surface area (Å²) in [6, 6.07) is 25.1. The lowest BCUT2D eigenvalue weighted by atomic mass is 10.1. The van der Waals surface area contributed by atoms with Crippen molar-refractivity contribution in [3.63, 3.8) is 0 Å². The minimum atomic E-state index is -1.27. The summed E-state index contributed by atoms with van der Waals surface area (Å²) in [7, 11) is 0. The molecule has 2 heterocycles. The third-order valence-corrected chi connectivity index (χ3v) is 8.15. The maximum absolute atomic E-state index is 13.5. The Bertz CT molecular complexity index is 1790. The van der Waals surface area contributed by atoms with E-state index in [9.17, 15) is 14.4 Å². The lowest BCUT2D eigenvalue weighted by Crippen LogP contribution is -2.41. The summed E-state index contributed by atoms with van der Waals surface area (Å²) in [5.41, 5.74) is 2.08. The van der Waals surface area contributed by atoms with Crippen LogP contribution >= 0.6 is 11.6 Å². The number of ether oxygens (including phenoxy) is 4. The van der Waals surface area contributed by atoms with Gasteiger partial charge in [0, 0.05) is 0 Å². The topological polar surface area (TPSA) is 142 Å². The number of aromatic nitrogens is 2. The maximum atomic E-state index is 13.5. The first-order valence-electron chi connectivity index (χ1n) is 15.3. The van der Waals surface area contributed by atoms with Gasteiger partial charge in [-0.3, -0.25) is 4.57 Å². The standard InChI is InChI=1S/C36H35ClN4O7/c1-4-22(2)31(37)40-32-28(23(3)38)39-21-41(32)33-30(48-36(44)26-18-12-7-13-19-26)29(47-35(43)25-16-10-6-11-17-25)27(46-33)20-45-34(42)24-14-8-5-9-15-24/h5-19,21,27,29-30,33,38,40H,4,20H2,1-3H3/b31-22-,38-23?/t27-,29?,30?,33-/m1/s1. The molecule has 1 aromatic heterocycles. The zero-order valence-electron chi connectivity index (χ0n) is 26.6. The van der Waals surface area contributed by atoms with E-state index in [0.717, 1.165) is 5.57 Å². The van der Waals surface area contributed by atoms with Gasteiger partial charge in [-0.2, -0.15) is 0 Å². The third kappa shape index (κ3) is 7.81. The Hall–Kier alpha value is -5.26. The van der Waals surface area contributed by atoms with E-state index in [0.29, 0.717) is 23.0 Å². The van der Waals surface area contributed by atoms with Crippen LogP contribution in [-0.4, -0.2) is 58.1 Å². The van der Waals surface area contributed by atoms with Gasteiger partial charge in [-0.05, 0) is 62.2 Å². The highest BCUT2D eigenvalue weighted by atomic mass is 35.5. The highest BCUT2D eigenvalue weighted by Gasteiger charge is 2.52. The van der Waals surface area contributed by atoms with E-state index in [1.165, 1.54) is 10.9 Å². The molecule has 0 aliphatic carbocycles. The number of carbonyl (C=O) groups is 3. The van der Waals surface area contributed by atoms with Crippen LogP contribution < -0.4 is 5.32 Å². The number of hydrogen-bond acceptors (Lipinski definition) is 10. The van der Waals surface area contributed by atoms with Gasteiger partial charge in [0.05, 0.1) is 28.7 Å². The normalized spacial score (nSPS) is 19.2. The molecule has 1 aliphatic rings. The minimum absolute atomic E-state index is 0.131. The van der Waals surface area contributed by atoms with Gasteiger partial charge in [0.25, 0.3) is 0 Å². The first-order valence-corrected chi connectivity index (χ1v) is 15.7. The number of allylic oxidation sites excluding steroid dienone is 1. The second kappa shape index (κ2) is 15.6. The summed E-state index contributed by atoms with van der Waals surface area (Å²) in [5.74, 6) is -1.72. The van der Waals surface area contributed by atoms with Crippen LogP contribution in [0.15, 0.2) is 108 Å². The summed E-state index contributed by atoms with van der Waals surface area (Å²) in [6.07, 6.45) is -2.70. The van der Waals surface area contributed by atoms with Gasteiger partial charge < -0.3 is 29.7 Å². The molecule has 0 amide bonds. The van der Waals surface area contributed by atoms with Gasteiger partial charge in [-0.1, -0.05) is 73.1 Å². The highest BCUT2D eigenvalue weighted by molar-refractivity contribution is 6.31. The number of imidazole rings is 1. The van der Waals surface area contributed by atoms with Crippen molar-refractivity contribution in [2.45, 2.75) is 51.7 Å². The number of hydrogen-bond donors (Lipinski definition) is 2. The molecule has 3 aromatic carbocycles. The average molecular weight is 671 g/mol. The predicted octanol–water partition coefficient (Wildman–Crippen LogP) is 6.77. The van der Waals surface area contributed by atoms with Gasteiger partial charge in [0.2, 0.25) is 0 Å². The molecule has 0 spiro atoms. The van der Waals surface area contributed by atoms with Gasteiger partial charge in [0.1, 0.15) is 29.4 Å². The minimum Gasteiger partial charge on any atom is -0.459 e. The molecular weight excluding hydrogens is 636 g/mol. The van der Waals surface area contributed by atoms with Crippen molar-refractivity contribution in [2.24, 2.45) is 0 Å². The third-order valence-electron chi connectivity index (χ3n) is 7.74. The fourth-order valence-corrected chi connectivity index (χ4v) is 5.22. The van der Waals surface area contributed by atoms with E-state index in [-0.39, 0.29) is 29.1 Å². The summed E-state index contributed by atoms with van der Waals surface area (Å²) in [6.45, 7) is 5.03. The maximum Gasteiger partial charge on any atom is 0.338 e. The predicted molar refractivity (Wildman–Crippen MR) is 179 cm³/mol. The first-order chi connectivity index (χ1) is 23.2. The van der Waals surface area contributed by atoms with Crippen molar-refractivity contribution in [1.29, 1.82) is 5.41 Å². The number of halogens is 1. The number of esters is 3. The molecule has 4 atom stereocenters. The second-order valence-corrected chi connectivity index (χ2v) is 11.4. The van der Waals surface area contributed by atoms with Crippen molar-refractivity contribution >= 4 is 41.0 Å². The molecule has 0 saturated carbocycles. The Labute approximate surface area is 282 Å². The molecule has 248 valence electrons. The van der Waals surface area contributed by atoms with Crippen molar-refractivity contribution < 1.29 is 33.3 Å². The SMILES string of the molecule is CC/C(C)=C(/Cl)Nc1c(C(C)=N)ncn1[C@@H]1O[C@H](COC(=O)c2ccccc2)C(OC(=O)c2ccccc2)C1OC(=O)c1ccccc1. The first kappa shape index (κ1) is 34.1. The van der Waals surface area contributed by atoms with Crippen LogP contribution in [0.25, 0.3) is 0 Å². The Morgan fingerprint density at radius 3 is 1.83 bits per heavy atom. The van der Waals surface area contributed by atoms with Gasteiger partial charge in [0.15, 0.2) is 18.4 Å². The molecule has 0 radical (unpaired) electrons. The summed E-state index contributed by atoms with van der Waals surface area (Å²) >= 11 is 6.62. The zero-order valence-corrected chi connectivity index (χ0v) is 27.3. The van der Waals surface area contributed by atoms with Crippen molar-refractivity contribution in [1.82, 2.24) is 9.55 Å². The van der Waals surface area contributed by atoms with E-state index < -0.39 is 42.4 Å². The quantitative estimate of drug-likeness (QED) is 0.0723. The van der Waals surface area contributed by atoms with E-state index >= 15 is 0 Å². The monoisotopic (exact) mass is 670 g/mol. The van der Waals surface area contributed by atoms with Gasteiger partial charge in [-0.25, -0.2) is 19.4 Å². The molecular formula is C36H35ClN4O7. The summed E-state index contributed by atoms with van der Waals surface area (Å²) in [4.78, 5) is 44.4. The Kier molecular flexibility index (Phi) is 11.0. The smallest absolute Gasteiger partial charge is 0.338 e. The lowest BCUT2D eigenvalue weighted by Gasteiger charge is -2.26. The van der Waals surface area contributed by atoms with Crippen molar-refractivity contribution in [2.75, 3.05) is 11.9 Å². The number of rotatable bonds is 12. The Morgan fingerprint density at radius 2 is 1.33 bits per heavy atom. The number of nitrogens with zero attached hydrogens (tertiary/aromatic N) is 2. The van der Waals surface area contributed by atoms with Gasteiger partial charge >= 0.3 is 17.9 Å². The molecule has 1 saturated heterocycles. The van der Waals surface area contributed by atoms with Crippen LogP contribution in [0.1, 0.15) is 70.2 Å². The highest BCUT2D eigenvalue weighted by Crippen LogP contribution is 2.38. The molecule has 11 nitrogen and oxygen atoms in total. The molecule has 2 N–H and O–H groups in total. The van der Waals surface area contributed by atoms with Gasteiger partial charge in [-0.15, -0.1) is 0 Å². The van der Waals surface area contributed by atoms with Crippen LogP contribution in [0.2, 0.25) is 0 Å². The van der Waals surface area contributed by atoms with Crippen LogP contribution in [0, 0.1) is 5.41 Å². The zero-order chi connectivity index (χ0) is 34.2. The molecule has 1 aliphatic heterocycles. The molecule has 12 heteroatoms. The van der Waals surface area contributed by atoms with E-state index in [4.69, 9.17) is 36.0 Å². The number of benzene rings is 3. The molecule has 4 aromatic rings. The molecule has 48 heavy (non-hydrogen) atoms. The van der Waals surface area contributed by atoms with E-state index in [2.05, 4.69) is 10.3 Å². The summed E-state index contributed by atoms with van der Waals surface area (Å²) < 4.78 is 25.7. The van der Waals surface area contributed by atoms with Crippen LogP contribution in [0.4, 0.5) is 5.82 Å². The van der Waals surface area contributed by atoms with Crippen LogP contribution in [0.3, 0.4) is 0 Å². The lowest BCUT2D eigenvalue weighted by molar-refractivity contribution is -0.0612. The number of carbonyl (C=O) groups excluding carboxylic acids is 3. The largest absolute Gasteiger partial charge is 0.459 e. The van der Waals surface area contributed by atoms with E-state index in [1.807, 2.05) is 13.8 Å². The van der Waals surface area contributed by atoms with Crippen LogP contribution in [0.5, 0.6) is 0 Å². The Morgan fingerprint density at radius 1 is 0.833 bits per heavy atom.